The van der Waals surface area contributed by atoms with Gasteiger partial charge in [-0.3, -0.25) is 0 Å². The van der Waals surface area contributed by atoms with Gasteiger partial charge in [-0.1, -0.05) is 6.92 Å². The first-order chi connectivity index (χ1) is 7.99. The monoisotopic (exact) mass is 267 g/mol. The number of hydrogen-bond acceptors (Lipinski definition) is 3. The number of ether oxygens (including phenoxy) is 1. The molecule has 0 saturated heterocycles. The van der Waals surface area contributed by atoms with Crippen LogP contribution in [0.5, 0.6) is 0 Å². The Labute approximate surface area is 103 Å². The van der Waals surface area contributed by atoms with Crippen LogP contribution in [0.1, 0.15) is 19.8 Å². The molecule has 2 rings (SSSR count). The predicted octanol–water partition coefficient (Wildman–Crippen LogP) is 2.69. The fourth-order valence-corrected chi connectivity index (χ4v) is 4.17. The van der Waals surface area contributed by atoms with Crippen LogP contribution < -0.4 is 5.73 Å². The molecule has 0 fully saturated rings. The summed E-state index contributed by atoms with van der Waals surface area (Å²) in [6, 6.07) is 0. The van der Waals surface area contributed by atoms with Crippen molar-refractivity contribution in [3.8, 4) is 0 Å². The summed E-state index contributed by atoms with van der Waals surface area (Å²) in [4.78, 5) is 0.862. The van der Waals surface area contributed by atoms with E-state index in [4.69, 9.17) is 10.5 Å². The number of rotatable bonds is 2. The SMILES string of the molecule is CCC1C2=C(CCOC2CN)SC1C(F)(F)F. The average Bonchev–Trinajstić information content (AvgIpc) is 2.66. The highest BCUT2D eigenvalue weighted by Gasteiger charge is 2.52. The van der Waals surface area contributed by atoms with Crippen molar-refractivity contribution in [1.29, 1.82) is 0 Å². The van der Waals surface area contributed by atoms with Crippen molar-refractivity contribution < 1.29 is 17.9 Å². The highest BCUT2D eigenvalue weighted by Crippen LogP contribution is 2.53. The van der Waals surface area contributed by atoms with Crippen LogP contribution in [0.2, 0.25) is 0 Å². The van der Waals surface area contributed by atoms with Gasteiger partial charge in [-0.2, -0.15) is 13.2 Å². The summed E-state index contributed by atoms with van der Waals surface area (Å²) < 4.78 is 44.3. The summed E-state index contributed by atoms with van der Waals surface area (Å²) in [5, 5.41) is -1.31. The Kier molecular flexibility index (Phi) is 3.75. The first-order valence-corrected chi connectivity index (χ1v) is 6.65. The van der Waals surface area contributed by atoms with Crippen LogP contribution in [0.25, 0.3) is 0 Å². The summed E-state index contributed by atoms with van der Waals surface area (Å²) in [7, 11) is 0. The lowest BCUT2D eigenvalue weighted by atomic mass is 9.87. The Bertz CT molecular complexity index is 329. The number of hydrogen-bond donors (Lipinski definition) is 1. The average molecular weight is 267 g/mol. The molecular formula is C11H16F3NOS. The van der Waals surface area contributed by atoms with Crippen molar-refractivity contribution >= 4 is 11.8 Å². The zero-order valence-electron chi connectivity index (χ0n) is 9.59. The van der Waals surface area contributed by atoms with Gasteiger partial charge < -0.3 is 10.5 Å². The summed E-state index contributed by atoms with van der Waals surface area (Å²) in [6.45, 7) is 2.54. The summed E-state index contributed by atoms with van der Waals surface area (Å²) in [6.07, 6.45) is -3.39. The van der Waals surface area contributed by atoms with E-state index in [-0.39, 0.29) is 12.6 Å². The molecule has 3 atom stereocenters. The molecule has 0 amide bonds. The van der Waals surface area contributed by atoms with Gasteiger partial charge in [0, 0.05) is 18.9 Å². The fourth-order valence-electron chi connectivity index (χ4n) is 2.60. The Balaban J connectivity index is 2.28. The molecule has 6 heteroatoms. The topological polar surface area (TPSA) is 35.2 Å². The molecule has 2 aliphatic rings. The van der Waals surface area contributed by atoms with E-state index < -0.39 is 17.3 Å². The second-order valence-electron chi connectivity index (χ2n) is 4.32. The van der Waals surface area contributed by atoms with E-state index in [0.29, 0.717) is 19.4 Å². The molecule has 0 radical (unpaired) electrons. The largest absolute Gasteiger partial charge is 0.401 e. The van der Waals surface area contributed by atoms with Crippen LogP contribution in [-0.4, -0.2) is 30.7 Å². The summed E-state index contributed by atoms with van der Waals surface area (Å²) >= 11 is 0.972. The minimum absolute atomic E-state index is 0.264. The zero-order chi connectivity index (χ0) is 12.6. The quantitative estimate of drug-likeness (QED) is 0.835. The minimum atomic E-state index is -4.15. The number of nitrogens with two attached hydrogens (primary N) is 1. The third-order valence-electron chi connectivity index (χ3n) is 3.33. The minimum Gasteiger partial charge on any atom is -0.372 e. The number of halogens is 3. The second-order valence-corrected chi connectivity index (χ2v) is 5.55. The highest BCUT2D eigenvalue weighted by atomic mass is 32.2. The lowest BCUT2D eigenvalue weighted by molar-refractivity contribution is -0.136. The van der Waals surface area contributed by atoms with Crippen LogP contribution in [-0.2, 0) is 4.74 Å². The Hall–Kier alpha value is -0.200. The smallest absolute Gasteiger partial charge is 0.372 e. The van der Waals surface area contributed by atoms with Crippen molar-refractivity contribution in [3.63, 3.8) is 0 Å². The van der Waals surface area contributed by atoms with E-state index >= 15 is 0 Å². The van der Waals surface area contributed by atoms with Gasteiger partial charge >= 0.3 is 6.18 Å². The van der Waals surface area contributed by atoms with Crippen molar-refractivity contribution in [2.24, 2.45) is 11.7 Å². The molecule has 0 spiro atoms. The first-order valence-electron chi connectivity index (χ1n) is 5.77. The van der Waals surface area contributed by atoms with Gasteiger partial charge in [-0.15, -0.1) is 11.8 Å². The molecular weight excluding hydrogens is 251 g/mol. The van der Waals surface area contributed by atoms with Crippen LogP contribution in [0, 0.1) is 5.92 Å². The van der Waals surface area contributed by atoms with E-state index in [0.717, 1.165) is 22.2 Å². The third-order valence-corrected chi connectivity index (χ3v) is 4.90. The van der Waals surface area contributed by atoms with Crippen molar-refractivity contribution in [2.75, 3.05) is 13.2 Å². The number of alkyl halides is 3. The van der Waals surface area contributed by atoms with Gasteiger partial charge in [0.2, 0.25) is 0 Å². The summed E-state index contributed by atoms with van der Waals surface area (Å²) in [5.74, 6) is -0.469. The van der Waals surface area contributed by atoms with Gasteiger partial charge in [0.05, 0.1) is 12.7 Å². The van der Waals surface area contributed by atoms with E-state index in [1.54, 1.807) is 6.92 Å². The standard InChI is InChI=1S/C11H16F3NOS/c1-2-6-9-7(5-15)16-4-3-8(9)17-10(6)11(12,13)14/h6-7,10H,2-5,15H2,1H3. The van der Waals surface area contributed by atoms with Gasteiger partial charge in [-0.25, -0.2) is 0 Å². The molecule has 0 aromatic heterocycles. The first kappa shape index (κ1) is 13.2. The Morgan fingerprint density at radius 3 is 2.71 bits per heavy atom. The lowest BCUT2D eigenvalue weighted by Crippen LogP contribution is -2.36. The van der Waals surface area contributed by atoms with E-state index in [1.165, 1.54) is 0 Å². The molecule has 2 aliphatic heterocycles. The van der Waals surface area contributed by atoms with Gasteiger partial charge in [0.25, 0.3) is 0 Å². The van der Waals surface area contributed by atoms with Crippen molar-refractivity contribution in [1.82, 2.24) is 0 Å². The fraction of sp³-hybridized carbons (Fsp3) is 0.818. The molecule has 2 heterocycles. The molecule has 98 valence electrons. The molecule has 0 bridgehead atoms. The lowest BCUT2D eigenvalue weighted by Gasteiger charge is -2.28. The second kappa shape index (κ2) is 4.82. The van der Waals surface area contributed by atoms with Crippen LogP contribution >= 0.6 is 11.8 Å². The maximum atomic E-state index is 12.9. The molecule has 2 N–H and O–H groups in total. The van der Waals surface area contributed by atoms with Crippen LogP contribution in [0.4, 0.5) is 13.2 Å². The van der Waals surface area contributed by atoms with Gasteiger partial charge in [-0.05, 0) is 16.9 Å². The van der Waals surface area contributed by atoms with Gasteiger partial charge in [0.1, 0.15) is 5.25 Å². The Morgan fingerprint density at radius 1 is 1.47 bits per heavy atom. The van der Waals surface area contributed by atoms with Crippen LogP contribution in [0.3, 0.4) is 0 Å². The normalized spacial score (nSPS) is 34.1. The van der Waals surface area contributed by atoms with E-state index in [2.05, 4.69) is 0 Å². The van der Waals surface area contributed by atoms with Crippen molar-refractivity contribution in [2.45, 2.75) is 37.3 Å². The predicted molar refractivity (Wildman–Crippen MR) is 61.7 cm³/mol. The zero-order valence-corrected chi connectivity index (χ0v) is 10.4. The highest BCUT2D eigenvalue weighted by molar-refractivity contribution is 8.04. The Morgan fingerprint density at radius 2 is 2.18 bits per heavy atom. The van der Waals surface area contributed by atoms with Crippen molar-refractivity contribution in [3.05, 3.63) is 10.5 Å². The number of thioether (sulfide) groups is 1. The third kappa shape index (κ3) is 2.35. The maximum Gasteiger partial charge on any atom is 0.401 e. The van der Waals surface area contributed by atoms with Gasteiger partial charge in [0.15, 0.2) is 0 Å². The molecule has 3 unspecified atom stereocenters. The molecule has 17 heavy (non-hydrogen) atoms. The van der Waals surface area contributed by atoms with E-state index in [1.807, 2.05) is 0 Å². The molecule has 0 aliphatic carbocycles. The molecule has 2 nitrogen and oxygen atoms in total. The molecule has 0 aromatic rings. The van der Waals surface area contributed by atoms with Crippen LogP contribution in [0.15, 0.2) is 10.5 Å². The van der Waals surface area contributed by atoms with E-state index in [9.17, 15) is 13.2 Å². The maximum absolute atomic E-state index is 12.9. The molecule has 0 saturated carbocycles. The molecule has 0 aromatic carbocycles. The summed E-state index contributed by atoms with van der Waals surface area (Å²) in [5.41, 5.74) is 6.39.